The number of hydrogen-bond donors (Lipinski definition) is 5. The molecule has 9 atom stereocenters. The molecular weight excluding hydrogens is 512 g/mol. The number of aliphatic hydroxyl groups is 3. The van der Waals surface area contributed by atoms with Crippen molar-refractivity contribution in [1.29, 1.82) is 0 Å². The molecule has 1 amide bonds. The van der Waals surface area contributed by atoms with Gasteiger partial charge in [0.2, 0.25) is 5.91 Å². The molecule has 10 nitrogen and oxygen atoms in total. The molecule has 1 aromatic rings. The lowest BCUT2D eigenvalue weighted by Gasteiger charge is -2.44. The van der Waals surface area contributed by atoms with Crippen LogP contribution in [0.2, 0.25) is 0 Å². The molecule has 2 fully saturated rings. The second-order valence-corrected chi connectivity index (χ2v) is 11.3. The lowest BCUT2D eigenvalue weighted by molar-refractivity contribution is -0.212. The fourth-order valence-corrected chi connectivity index (χ4v) is 5.98. The van der Waals surface area contributed by atoms with E-state index in [1.54, 1.807) is 19.1 Å². The predicted molar refractivity (Wildman–Crippen MR) is 144 cm³/mol. The van der Waals surface area contributed by atoms with Crippen LogP contribution in [0.3, 0.4) is 0 Å². The first-order valence-corrected chi connectivity index (χ1v) is 14.3. The molecule has 3 rings (SSSR count). The number of carbonyl (C=O) groups is 2. The normalized spacial score (nSPS) is 31.0. The Morgan fingerprint density at radius 2 is 1.95 bits per heavy atom. The highest BCUT2D eigenvalue weighted by Crippen LogP contribution is 2.31. The van der Waals surface area contributed by atoms with Crippen molar-refractivity contribution in [2.75, 3.05) is 26.0 Å². The van der Waals surface area contributed by atoms with Crippen molar-refractivity contribution in [2.45, 2.75) is 88.1 Å². The van der Waals surface area contributed by atoms with E-state index in [2.05, 4.69) is 17.6 Å². The number of aliphatic hydroxyl groups excluding tert-OH is 3. The van der Waals surface area contributed by atoms with Crippen molar-refractivity contribution in [2.24, 2.45) is 5.92 Å². The zero-order valence-electron chi connectivity index (χ0n) is 22.5. The first kappa shape index (κ1) is 30.8. The van der Waals surface area contributed by atoms with Gasteiger partial charge in [-0.15, -0.1) is 11.8 Å². The molecule has 0 aliphatic carbocycles. The molecule has 0 aromatic heterocycles. The van der Waals surface area contributed by atoms with Crippen LogP contribution in [0.5, 0.6) is 0 Å². The van der Waals surface area contributed by atoms with Crippen LogP contribution >= 0.6 is 11.8 Å². The van der Waals surface area contributed by atoms with Gasteiger partial charge in [-0.2, -0.15) is 0 Å². The maximum absolute atomic E-state index is 13.1. The molecule has 0 radical (unpaired) electrons. The maximum Gasteiger partial charge on any atom is 0.338 e. The average molecular weight is 555 g/mol. The summed E-state index contributed by atoms with van der Waals surface area (Å²) in [7, 11) is 1.49. The number of carbonyl (C=O) groups excluding carboxylic acids is 2. The van der Waals surface area contributed by atoms with Gasteiger partial charge in [0.25, 0.3) is 0 Å². The second-order valence-electron chi connectivity index (χ2n) is 10.1. The minimum absolute atomic E-state index is 0.0641. The molecule has 0 bridgehead atoms. The molecule has 0 saturated carbocycles. The summed E-state index contributed by atoms with van der Waals surface area (Å²) in [6, 6.07) is 5.99. The summed E-state index contributed by atoms with van der Waals surface area (Å²) >= 11 is 1.16. The van der Waals surface area contributed by atoms with E-state index in [0.29, 0.717) is 11.5 Å². The van der Waals surface area contributed by atoms with Crippen LogP contribution in [-0.2, 0) is 19.0 Å². The third kappa shape index (κ3) is 7.68. The van der Waals surface area contributed by atoms with E-state index >= 15 is 0 Å². The third-order valence-corrected chi connectivity index (χ3v) is 8.47. The minimum atomic E-state index is -1.50. The SMILES string of the molecule is CCC[C@H]1CN[C@H](C(=O)N[C@@H]([C@H]2O[C@H](SCCOC(=O)c3ccccc3C)[C@H](O)[C@@H](O)[C@H]2O)[C@@H](C)OC)C1. The summed E-state index contributed by atoms with van der Waals surface area (Å²) in [5.74, 6) is 0.0568. The fraction of sp³-hybridized carbons (Fsp3) is 0.704. The molecule has 2 aliphatic rings. The number of rotatable bonds is 12. The standard InChI is InChI=1S/C27H42N2O8S/c1-5-8-17-13-19(28-14-17)25(33)29-20(16(3)35-4)24-22(31)21(30)23(32)27(37-24)38-12-11-36-26(34)18-10-7-6-9-15(18)2/h6-7,9-10,16-17,19-24,27-28,30-32H,5,8,11-14H2,1-4H3,(H,29,33)/t16-,17-,19+,20-,21+,22-,23-,24-,27-/m1/s1. The Labute approximate surface area is 228 Å². The number of benzene rings is 1. The lowest BCUT2D eigenvalue weighted by atomic mass is 9.91. The Bertz CT molecular complexity index is 921. The van der Waals surface area contributed by atoms with Gasteiger partial charge < -0.3 is 40.2 Å². The largest absolute Gasteiger partial charge is 0.461 e. The highest BCUT2D eigenvalue weighted by atomic mass is 32.2. The van der Waals surface area contributed by atoms with Crippen molar-refractivity contribution < 1.29 is 39.1 Å². The Hall–Kier alpha value is -1.73. The Morgan fingerprint density at radius 1 is 1.21 bits per heavy atom. The predicted octanol–water partition coefficient (Wildman–Crippen LogP) is 0.991. The Morgan fingerprint density at radius 3 is 2.63 bits per heavy atom. The van der Waals surface area contributed by atoms with Crippen LogP contribution in [0.1, 0.15) is 49.0 Å². The van der Waals surface area contributed by atoms with Crippen LogP contribution in [-0.4, -0.2) is 101 Å². The summed E-state index contributed by atoms with van der Waals surface area (Å²) < 4.78 is 16.9. The molecular formula is C27H42N2O8S. The van der Waals surface area contributed by atoms with Gasteiger partial charge in [0, 0.05) is 12.9 Å². The van der Waals surface area contributed by atoms with Crippen molar-refractivity contribution in [3.63, 3.8) is 0 Å². The number of methoxy groups -OCH3 is 1. The highest BCUT2D eigenvalue weighted by molar-refractivity contribution is 7.99. The molecule has 2 heterocycles. The van der Waals surface area contributed by atoms with E-state index in [-0.39, 0.29) is 24.3 Å². The van der Waals surface area contributed by atoms with Gasteiger partial charge in [-0.25, -0.2) is 4.79 Å². The van der Waals surface area contributed by atoms with Crippen LogP contribution in [0, 0.1) is 12.8 Å². The molecule has 0 spiro atoms. The summed E-state index contributed by atoms with van der Waals surface area (Å²) in [6.07, 6.45) is -3.08. The van der Waals surface area contributed by atoms with E-state index in [0.717, 1.165) is 43.1 Å². The topological polar surface area (TPSA) is 147 Å². The average Bonchev–Trinajstić information content (AvgIpc) is 3.38. The van der Waals surface area contributed by atoms with Crippen LogP contribution < -0.4 is 10.6 Å². The van der Waals surface area contributed by atoms with Crippen LogP contribution in [0.4, 0.5) is 0 Å². The van der Waals surface area contributed by atoms with Crippen LogP contribution in [0.25, 0.3) is 0 Å². The van der Waals surface area contributed by atoms with Gasteiger partial charge in [-0.05, 0) is 50.8 Å². The maximum atomic E-state index is 13.1. The van der Waals surface area contributed by atoms with Gasteiger partial charge >= 0.3 is 5.97 Å². The van der Waals surface area contributed by atoms with Gasteiger partial charge in [0.15, 0.2) is 0 Å². The van der Waals surface area contributed by atoms with E-state index in [1.165, 1.54) is 7.11 Å². The van der Waals surface area contributed by atoms with Gasteiger partial charge in [-0.1, -0.05) is 31.5 Å². The summed E-state index contributed by atoms with van der Waals surface area (Å²) in [4.78, 5) is 25.4. The van der Waals surface area contributed by atoms with Crippen LogP contribution in [0.15, 0.2) is 24.3 Å². The summed E-state index contributed by atoms with van der Waals surface area (Å²) in [5.41, 5.74) is 0.373. The van der Waals surface area contributed by atoms with Crippen molar-refractivity contribution in [3.05, 3.63) is 35.4 Å². The Balaban J connectivity index is 1.60. The molecule has 1 aromatic carbocycles. The number of esters is 1. The number of nitrogens with one attached hydrogen (secondary N) is 2. The first-order valence-electron chi connectivity index (χ1n) is 13.3. The smallest absolute Gasteiger partial charge is 0.338 e. The highest BCUT2D eigenvalue weighted by Gasteiger charge is 2.49. The quantitative estimate of drug-likeness (QED) is 0.187. The lowest BCUT2D eigenvalue weighted by Crippen LogP contribution is -2.66. The van der Waals surface area contributed by atoms with E-state index in [4.69, 9.17) is 14.2 Å². The molecule has 2 saturated heterocycles. The molecule has 5 N–H and O–H groups in total. The van der Waals surface area contributed by atoms with E-state index < -0.39 is 48.0 Å². The molecule has 11 heteroatoms. The van der Waals surface area contributed by atoms with Crippen molar-refractivity contribution >= 4 is 23.6 Å². The number of hydrogen-bond acceptors (Lipinski definition) is 10. The first-order chi connectivity index (χ1) is 18.2. The minimum Gasteiger partial charge on any atom is -0.461 e. The zero-order chi connectivity index (χ0) is 27.8. The number of amides is 1. The van der Waals surface area contributed by atoms with Gasteiger partial charge in [0.05, 0.1) is 23.8 Å². The number of aryl methyl sites for hydroxylation is 1. The number of ether oxygens (including phenoxy) is 3. The fourth-order valence-electron chi connectivity index (χ4n) is 5.00. The zero-order valence-corrected chi connectivity index (χ0v) is 23.4. The molecule has 0 unspecified atom stereocenters. The molecule has 38 heavy (non-hydrogen) atoms. The monoisotopic (exact) mass is 554 g/mol. The molecule has 2 aliphatic heterocycles. The Kier molecular flexibility index (Phi) is 11.8. The summed E-state index contributed by atoms with van der Waals surface area (Å²) in [6.45, 7) is 6.53. The van der Waals surface area contributed by atoms with Crippen molar-refractivity contribution in [1.82, 2.24) is 10.6 Å². The summed E-state index contributed by atoms with van der Waals surface area (Å²) in [5, 5.41) is 38.2. The van der Waals surface area contributed by atoms with Gasteiger partial charge in [-0.3, -0.25) is 4.79 Å². The second kappa shape index (κ2) is 14.6. The third-order valence-electron chi connectivity index (χ3n) is 7.35. The van der Waals surface area contributed by atoms with Crippen molar-refractivity contribution in [3.8, 4) is 0 Å². The van der Waals surface area contributed by atoms with E-state index in [1.807, 2.05) is 19.1 Å². The van der Waals surface area contributed by atoms with Gasteiger partial charge in [0.1, 0.15) is 36.5 Å². The molecule has 214 valence electrons. The number of thioether (sulfide) groups is 1. The van der Waals surface area contributed by atoms with E-state index in [9.17, 15) is 24.9 Å².